The van der Waals surface area contributed by atoms with Crippen LogP contribution in [0, 0.1) is 5.82 Å². The van der Waals surface area contributed by atoms with Gasteiger partial charge in [-0.25, -0.2) is 4.39 Å². The van der Waals surface area contributed by atoms with Crippen LogP contribution in [0.15, 0.2) is 71.1 Å². The van der Waals surface area contributed by atoms with Crippen LogP contribution in [0.4, 0.5) is 4.39 Å². The highest BCUT2D eigenvalue weighted by Gasteiger charge is 2.10. The Kier molecular flexibility index (Phi) is 2.93. The highest BCUT2D eigenvalue weighted by atomic mass is 19.1. The van der Waals surface area contributed by atoms with Gasteiger partial charge in [0.2, 0.25) is 11.8 Å². The van der Waals surface area contributed by atoms with Crippen molar-refractivity contribution in [2.24, 2.45) is 0 Å². The number of nitrogens with zero attached hydrogens (tertiary/aromatic N) is 2. The number of benzene rings is 3. The molecule has 0 N–H and O–H groups in total. The second-order valence-electron chi connectivity index (χ2n) is 4.98. The number of rotatable bonds is 2. The third-order valence-corrected chi connectivity index (χ3v) is 3.51. The molecule has 1 heterocycles. The van der Waals surface area contributed by atoms with Crippen LogP contribution in [-0.2, 0) is 0 Å². The van der Waals surface area contributed by atoms with Gasteiger partial charge in [-0.3, -0.25) is 0 Å². The quantitative estimate of drug-likeness (QED) is 0.537. The van der Waals surface area contributed by atoms with Gasteiger partial charge in [0, 0.05) is 11.1 Å². The number of fused-ring (bicyclic) bond motifs is 1. The summed E-state index contributed by atoms with van der Waals surface area (Å²) in [4.78, 5) is 0. The fourth-order valence-electron chi connectivity index (χ4n) is 2.37. The summed E-state index contributed by atoms with van der Waals surface area (Å²) in [6.45, 7) is 0. The standard InChI is InChI=1S/C18H11FN2O/c19-16-9-7-13(8-10-16)17-20-21-18(22-17)15-6-5-12-3-1-2-4-14(12)11-15/h1-11H. The van der Waals surface area contributed by atoms with Gasteiger partial charge in [0.25, 0.3) is 0 Å². The van der Waals surface area contributed by atoms with Gasteiger partial charge in [-0.15, -0.1) is 10.2 Å². The minimum atomic E-state index is -0.294. The van der Waals surface area contributed by atoms with Crippen molar-refractivity contribution in [1.82, 2.24) is 10.2 Å². The monoisotopic (exact) mass is 290 g/mol. The van der Waals surface area contributed by atoms with Crippen molar-refractivity contribution in [1.29, 1.82) is 0 Å². The van der Waals surface area contributed by atoms with Crippen LogP contribution in [0.2, 0.25) is 0 Å². The van der Waals surface area contributed by atoms with Crippen LogP contribution >= 0.6 is 0 Å². The van der Waals surface area contributed by atoms with Crippen LogP contribution in [-0.4, -0.2) is 10.2 Å². The summed E-state index contributed by atoms with van der Waals surface area (Å²) in [6.07, 6.45) is 0. The minimum absolute atomic E-state index is 0.294. The average Bonchev–Trinajstić information content (AvgIpc) is 3.05. The molecule has 106 valence electrons. The van der Waals surface area contributed by atoms with Gasteiger partial charge < -0.3 is 4.42 Å². The summed E-state index contributed by atoms with van der Waals surface area (Å²) >= 11 is 0. The first-order valence-electron chi connectivity index (χ1n) is 6.88. The van der Waals surface area contributed by atoms with Crippen molar-refractivity contribution in [3.63, 3.8) is 0 Å². The maximum absolute atomic E-state index is 13.0. The van der Waals surface area contributed by atoms with Crippen molar-refractivity contribution < 1.29 is 8.81 Å². The van der Waals surface area contributed by atoms with E-state index in [1.807, 2.05) is 36.4 Å². The molecule has 0 amide bonds. The summed E-state index contributed by atoms with van der Waals surface area (Å²) in [5, 5.41) is 10.4. The molecule has 0 atom stereocenters. The molecule has 0 unspecified atom stereocenters. The Bertz CT molecular complexity index is 945. The lowest BCUT2D eigenvalue weighted by Crippen LogP contribution is -1.79. The average molecular weight is 290 g/mol. The molecule has 3 nitrogen and oxygen atoms in total. The van der Waals surface area contributed by atoms with E-state index in [4.69, 9.17) is 4.42 Å². The van der Waals surface area contributed by atoms with Crippen LogP contribution in [0.5, 0.6) is 0 Å². The topological polar surface area (TPSA) is 38.9 Å². The molecule has 3 aromatic carbocycles. The first-order valence-corrected chi connectivity index (χ1v) is 6.88. The molecule has 0 aliphatic carbocycles. The van der Waals surface area contributed by atoms with Crippen molar-refractivity contribution in [3.05, 3.63) is 72.5 Å². The molecule has 22 heavy (non-hydrogen) atoms. The van der Waals surface area contributed by atoms with Gasteiger partial charge in [-0.2, -0.15) is 0 Å². The van der Waals surface area contributed by atoms with E-state index in [9.17, 15) is 4.39 Å². The predicted molar refractivity (Wildman–Crippen MR) is 82.6 cm³/mol. The van der Waals surface area contributed by atoms with E-state index in [0.29, 0.717) is 17.3 Å². The van der Waals surface area contributed by atoms with E-state index in [2.05, 4.69) is 16.3 Å². The second kappa shape index (κ2) is 5.07. The van der Waals surface area contributed by atoms with Gasteiger partial charge in [-0.1, -0.05) is 30.3 Å². The van der Waals surface area contributed by atoms with Crippen LogP contribution in [0.1, 0.15) is 0 Å². The third kappa shape index (κ3) is 2.24. The van der Waals surface area contributed by atoms with Gasteiger partial charge in [-0.05, 0) is 47.2 Å². The molecule has 0 spiro atoms. The van der Waals surface area contributed by atoms with Gasteiger partial charge in [0.15, 0.2) is 0 Å². The Hall–Kier alpha value is -3.01. The zero-order chi connectivity index (χ0) is 14.9. The molecule has 0 saturated carbocycles. The van der Waals surface area contributed by atoms with Crippen LogP contribution in [0.25, 0.3) is 33.7 Å². The van der Waals surface area contributed by atoms with Crippen molar-refractivity contribution >= 4 is 10.8 Å². The molecule has 0 fully saturated rings. The molecular formula is C18H11FN2O. The third-order valence-electron chi connectivity index (χ3n) is 3.51. The van der Waals surface area contributed by atoms with E-state index in [1.54, 1.807) is 12.1 Å². The molecule has 0 radical (unpaired) electrons. The highest BCUT2D eigenvalue weighted by Crippen LogP contribution is 2.26. The lowest BCUT2D eigenvalue weighted by Gasteiger charge is -1.99. The number of aromatic nitrogens is 2. The van der Waals surface area contributed by atoms with Crippen molar-refractivity contribution in [3.8, 4) is 22.9 Å². The molecule has 4 rings (SSSR count). The van der Waals surface area contributed by atoms with Gasteiger partial charge >= 0.3 is 0 Å². The predicted octanol–water partition coefficient (Wildman–Crippen LogP) is 4.70. The molecule has 4 aromatic rings. The maximum atomic E-state index is 13.0. The fourth-order valence-corrected chi connectivity index (χ4v) is 2.37. The Morgan fingerprint density at radius 3 is 2.09 bits per heavy atom. The fraction of sp³-hybridized carbons (Fsp3) is 0. The summed E-state index contributed by atoms with van der Waals surface area (Å²) in [5.74, 6) is 0.534. The van der Waals surface area contributed by atoms with Crippen molar-refractivity contribution in [2.75, 3.05) is 0 Å². The highest BCUT2D eigenvalue weighted by molar-refractivity contribution is 5.86. The molecule has 4 heteroatoms. The number of hydrogen-bond acceptors (Lipinski definition) is 3. The Balaban J connectivity index is 1.74. The first kappa shape index (κ1) is 12.7. The summed E-state index contributed by atoms with van der Waals surface area (Å²) in [7, 11) is 0. The number of hydrogen-bond donors (Lipinski definition) is 0. The Morgan fingerprint density at radius 2 is 1.32 bits per heavy atom. The Morgan fingerprint density at radius 1 is 0.682 bits per heavy atom. The van der Waals surface area contributed by atoms with E-state index >= 15 is 0 Å². The van der Waals surface area contributed by atoms with Crippen LogP contribution < -0.4 is 0 Å². The van der Waals surface area contributed by atoms with Crippen LogP contribution in [0.3, 0.4) is 0 Å². The summed E-state index contributed by atoms with van der Waals surface area (Å²) < 4.78 is 18.7. The minimum Gasteiger partial charge on any atom is -0.416 e. The zero-order valence-electron chi connectivity index (χ0n) is 11.5. The Labute approximate surface area is 126 Å². The molecule has 0 bridgehead atoms. The lowest BCUT2D eigenvalue weighted by atomic mass is 10.1. The van der Waals surface area contributed by atoms with Gasteiger partial charge in [0.1, 0.15) is 5.82 Å². The van der Waals surface area contributed by atoms with E-state index in [-0.39, 0.29) is 5.82 Å². The first-order chi connectivity index (χ1) is 10.8. The molecular weight excluding hydrogens is 279 g/mol. The molecule has 1 aromatic heterocycles. The van der Waals surface area contributed by atoms with Crippen molar-refractivity contribution in [2.45, 2.75) is 0 Å². The smallest absolute Gasteiger partial charge is 0.248 e. The lowest BCUT2D eigenvalue weighted by molar-refractivity contribution is 0.584. The SMILES string of the molecule is Fc1ccc(-c2nnc(-c3ccc4ccccc4c3)o2)cc1. The normalized spacial score (nSPS) is 11.0. The largest absolute Gasteiger partial charge is 0.416 e. The second-order valence-corrected chi connectivity index (χ2v) is 4.98. The van der Waals surface area contributed by atoms with Gasteiger partial charge in [0.05, 0.1) is 0 Å². The van der Waals surface area contributed by atoms with E-state index in [0.717, 1.165) is 16.3 Å². The summed E-state index contributed by atoms with van der Waals surface area (Å²) in [6, 6.07) is 20.0. The van der Waals surface area contributed by atoms with E-state index < -0.39 is 0 Å². The van der Waals surface area contributed by atoms with E-state index in [1.165, 1.54) is 12.1 Å². The molecule has 0 saturated heterocycles. The molecule has 0 aliphatic heterocycles. The molecule has 0 aliphatic rings. The number of halogens is 1. The zero-order valence-corrected chi connectivity index (χ0v) is 11.5. The maximum Gasteiger partial charge on any atom is 0.248 e. The summed E-state index contributed by atoms with van der Waals surface area (Å²) in [5.41, 5.74) is 1.56.